The molecule has 0 saturated heterocycles. The molecule has 25 heavy (non-hydrogen) atoms. The minimum atomic E-state index is -0.183. The van der Waals surface area contributed by atoms with E-state index in [0.29, 0.717) is 35.7 Å². The molecule has 0 bridgehead atoms. The molecule has 0 atom stereocenters. The van der Waals surface area contributed by atoms with Crippen molar-refractivity contribution in [3.8, 4) is 5.75 Å². The largest absolute Gasteiger partial charge is 0.506 e. The molecule has 8 nitrogen and oxygen atoms in total. The number of aromatic hydroxyl groups is 1. The second-order valence-corrected chi connectivity index (χ2v) is 5.77. The summed E-state index contributed by atoms with van der Waals surface area (Å²) >= 11 is 0. The van der Waals surface area contributed by atoms with Crippen molar-refractivity contribution in [3.63, 3.8) is 0 Å². The first kappa shape index (κ1) is 17.1. The number of anilines is 1. The molecule has 3 rings (SSSR count). The summed E-state index contributed by atoms with van der Waals surface area (Å²) in [5.74, 6) is 0.812. The van der Waals surface area contributed by atoms with E-state index in [1.165, 1.54) is 6.33 Å². The zero-order valence-corrected chi connectivity index (χ0v) is 14.6. The van der Waals surface area contributed by atoms with Gasteiger partial charge in [-0.15, -0.1) is 0 Å². The number of aromatic nitrogens is 5. The maximum atomic E-state index is 10.4. The van der Waals surface area contributed by atoms with Crippen molar-refractivity contribution in [2.75, 3.05) is 11.4 Å². The van der Waals surface area contributed by atoms with Crippen LogP contribution in [0.2, 0.25) is 0 Å². The van der Waals surface area contributed by atoms with E-state index in [2.05, 4.69) is 19.9 Å². The van der Waals surface area contributed by atoms with Crippen LogP contribution in [0.5, 0.6) is 5.75 Å². The highest BCUT2D eigenvalue weighted by molar-refractivity contribution is 5.83. The Balaban J connectivity index is 2.05. The first-order chi connectivity index (χ1) is 12.1. The average Bonchev–Trinajstić information content (AvgIpc) is 3.06. The number of aliphatic hydroxyl groups excluding tert-OH is 1. The van der Waals surface area contributed by atoms with Crippen molar-refractivity contribution in [3.05, 3.63) is 35.7 Å². The highest BCUT2D eigenvalue weighted by Crippen LogP contribution is 2.29. The van der Waals surface area contributed by atoms with E-state index in [-0.39, 0.29) is 12.4 Å². The molecule has 0 aliphatic heterocycles. The average molecular weight is 342 g/mol. The maximum absolute atomic E-state index is 10.4. The quantitative estimate of drug-likeness (QED) is 0.704. The molecule has 0 aliphatic rings. The van der Waals surface area contributed by atoms with Gasteiger partial charge in [-0.2, -0.15) is 0 Å². The van der Waals surface area contributed by atoms with Crippen LogP contribution in [0.3, 0.4) is 0 Å². The molecule has 2 N–H and O–H groups in total. The molecular formula is C17H22N6O2. The lowest BCUT2D eigenvalue weighted by atomic mass is 10.1. The molecule has 0 unspecified atom stereocenters. The Morgan fingerprint density at radius 3 is 2.64 bits per heavy atom. The second-order valence-electron chi connectivity index (χ2n) is 5.77. The summed E-state index contributed by atoms with van der Waals surface area (Å²) in [7, 11) is 0. The van der Waals surface area contributed by atoms with Gasteiger partial charge in [0, 0.05) is 37.0 Å². The summed E-state index contributed by atoms with van der Waals surface area (Å²) in [5.41, 5.74) is 3.29. The summed E-state index contributed by atoms with van der Waals surface area (Å²) in [6, 6.07) is 0. The molecule has 0 saturated carbocycles. The standard InChI is InChI=1S/C17H22N6O2/c1-4-22(7-13-12(8-24)6-18-11(3)15(13)25)16-14-17(20-9-19-16)23(5-2)10-21-14/h6,9-10,24-25H,4-5,7-8H2,1-3H3. The molecule has 0 aromatic carbocycles. The van der Waals surface area contributed by atoms with Gasteiger partial charge < -0.3 is 19.7 Å². The maximum Gasteiger partial charge on any atom is 0.165 e. The lowest BCUT2D eigenvalue weighted by Gasteiger charge is -2.24. The van der Waals surface area contributed by atoms with Gasteiger partial charge in [-0.1, -0.05) is 0 Å². The predicted octanol–water partition coefficient (Wildman–Crippen LogP) is 1.77. The van der Waals surface area contributed by atoms with Gasteiger partial charge >= 0.3 is 0 Å². The van der Waals surface area contributed by atoms with Crippen molar-refractivity contribution >= 4 is 17.0 Å². The van der Waals surface area contributed by atoms with Gasteiger partial charge in [0.15, 0.2) is 17.0 Å². The lowest BCUT2D eigenvalue weighted by Crippen LogP contribution is -2.24. The summed E-state index contributed by atoms with van der Waals surface area (Å²) in [6.45, 7) is 7.43. The van der Waals surface area contributed by atoms with Crippen LogP contribution >= 0.6 is 0 Å². The van der Waals surface area contributed by atoms with E-state index in [4.69, 9.17) is 0 Å². The van der Waals surface area contributed by atoms with E-state index < -0.39 is 0 Å². The van der Waals surface area contributed by atoms with Gasteiger partial charge in [0.1, 0.15) is 12.1 Å². The molecule has 8 heteroatoms. The van der Waals surface area contributed by atoms with Crippen molar-refractivity contribution in [1.82, 2.24) is 24.5 Å². The third-order valence-corrected chi connectivity index (χ3v) is 4.35. The predicted molar refractivity (Wildman–Crippen MR) is 94.3 cm³/mol. The number of aliphatic hydroxyl groups is 1. The Labute approximate surface area is 145 Å². The summed E-state index contributed by atoms with van der Waals surface area (Å²) < 4.78 is 1.96. The molecule has 0 radical (unpaired) electrons. The van der Waals surface area contributed by atoms with Gasteiger partial charge in [0.2, 0.25) is 0 Å². The fourth-order valence-corrected chi connectivity index (χ4v) is 2.86. The van der Waals surface area contributed by atoms with Crippen LogP contribution in [0.4, 0.5) is 5.82 Å². The number of hydrogen-bond acceptors (Lipinski definition) is 7. The SMILES string of the molecule is CCN(Cc1c(CO)cnc(C)c1O)c1ncnc2c1ncn2CC. The number of hydrogen-bond donors (Lipinski definition) is 2. The molecule has 0 amide bonds. The van der Waals surface area contributed by atoms with Crippen molar-refractivity contribution in [2.24, 2.45) is 0 Å². The molecule has 3 aromatic heterocycles. The van der Waals surface area contributed by atoms with Crippen LogP contribution in [-0.2, 0) is 19.7 Å². The minimum absolute atomic E-state index is 0.106. The van der Waals surface area contributed by atoms with Gasteiger partial charge in [0.25, 0.3) is 0 Å². The fourth-order valence-electron chi connectivity index (χ4n) is 2.86. The third-order valence-electron chi connectivity index (χ3n) is 4.35. The van der Waals surface area contributed by atoms with Gasteiger partial charge in [-0.25, -0.2) is 15.0 Å². The molecule has 3 heterocycles. The van der Waals surface area contributed by atoms with Crippen molar-refractivity contribution in [2.45, 2.75) is 40.5 Å². The Hall–Kier alpha value is -2.74. The summed E-state index contributed by atoms with van der Waals surface area (Å²) in [5, 5.41) is 20.0. The minimum Gasteiger partial charge on any atom is -0.506 e. The van der Waals surface area contributed by atoms with Crippen molar-refractivity contribution in [1.29, 1.82) is 0 Å². The molecular weight excluding hydrogens is 320 g/mol. The summed E-state index contributed by atoms with van der Waals surface area (Å²) in [6.07, 6.45) is 4.88. The Bertz CT molecular complexity index is 892. The number of pyridine rings is 1. The Morgan fingerprint density at radius 1 is 1.16 bits per heavy atom. The first-order valence-electron chi connectivity index (χ1n) is 8.28. The number of nitrogens with zero attached hydrogens (tertiary/aromatic N) is 6. The smallest absolute Gasteiger partial charge is 0.165 e. The first-order valence-corrected chi connectivity index (χ1v) is 8.28. The van der Waals surface area contributed by atoms with Gasteiger partial charge in [-0.3, -0.25) is 4.98 Å². The van der Waals surface area contributed by atoms with E-state index in [1.54, 1.807) is 19.4 Å². The number of imidazole rings is 1. The van der Waals surface area contributed by atoms with Crippen LogP contribution in [-0.4, -0.2) is 41.3 Å². The van der Waals surface area contributed by atoms with Crippen LogP contribution in [0.1, 0.15) is 30.7 Å². The fraction of sp³-hybridized carbons (Fsp3) is 0.412. The van der Waals surface area contributed by atoms with Crippen LogP contribution in [0, 0.1) is 6.92 Å². The van der Waals surface area contributed by atoms with E-state index >= 15 is 0 Å². The van der Waals surface area contributed by atoms with Crippen LogP contribution < -0.4 is 4.90 Å². The zero-order chi connectivity index (χ0) is 18.0. The molecule has 0 aliphatic carbocycles. The number of rotatable bonds is 6. The lowest BCUT2D eigenvalue weighted by molar-refractivity contribution is 0.279. The monoisotopic (exact) mass is 342 g/mol. The molecule has 132 valence electrons. The van der Waals surface area contributed by atoms with Gasteiger partial charge in [-0.05, 0) is 20.8 Å². The van der Waals surface area contributed by atoms with Crippen LogP contribution in [0.25, 0.3) is 11.2 Å². The summed E-state index contributed by atoms with van der Waals surface area (Å²) in [4.78, 5) is 19.3. The topological polar surface area (TPSA) is 100 Å². The zero-order valence-electron chi connectivity index (χ0n) is 14.6. The molecule has 0 fully saturated rings. The molecule has 0 spiro atoms. The highest BCUT2D eigenvalue weighted by atomic mass is 16.3. The second kappa shape index (κ2) is 7.02. The van der Waals surface area contributed by atoms with Crippen molar-refractivity contribution < 1.29 is 10.2 Å². The number of fused-ring (bicyclic) bond motifs is 1. The van der Waals surface area contributed by atoms with E-state index in [9.17, 15) is 10.2 Å². The Morgan fingerprint density at radius 2 is 1.96 bits per heavy atom. The van der Waals surface area contributed by atoms with E-state index in [0.717, 1.165) is 17.7 Å². The number of aryl methyl sites for hydroxylation is 2. The third kappa shape index (κ3) is 3.00. The normalized spacial score (nSPS) is 11.2. The van der Waals surface area contributed by atoms with Gasteiger partial charge in [0.05, 0.1) is 18.6 Å². The molecule has 3 aromatic rings. The van der Waals surface area contributed by atoms with Crippen LogP contribution in [0.15, 0.2) is 18.9 Å². The Kier molecular flexibility index (Phi) is 4.80. The highest BCUT2D eigenvalue weighted by Gasteiger charge is 2.19. The van der Waals surface area contributed by atoms with E-state index in [1.807, 2.05) is 23.3 Å².